The second-order valence-corrected chi connectivity index (χ2v) is 7.78. The van der Waals surface area contributed by atoms with Gasteiger partial charge in [-0.05, 0) is 92.9 Å². The molecule has 0 unspecified atom stereocenters. The Morgan fingerprint density at radius 2 is 1.14 bits per heavy atom. The van der Waals surface area contributed by atoms with Crippen molar-refractivity contribution in [3.05, 3.63) is 58.7 Å². The van der Waals surface area contributed by atoms with E-state index in [4.69, 9.17) is 4.74 Å². The van der Waals surface area contributed by atoms with Crippen molar-refractivity contribution in [3.63, 3.8) is 0 Å². The van der Waals surface area contributed by atoms with Crippen LogP contribution in [0.1, 0.15) is 92.9 Å². The van der Waals surface area contributed by atoms with Gasteiger partial charge in [0.15, 0.2) is 0 Å². The molecule has 158 valence electrons. The van der Waals surface area contributed by atoms with E-state index in [1.807, 2.05) is 13.0 Å². The van der Waals surface area contributed by atoms with E-state index in [1.54, 1.807) is 0 Å². The molecule has 0 bridgehead atoms. The maximum atomic E-state index is 11.2. The van der Waals surface area contributed by atoms with Gasteiger partial charge < -0.3 is 4.74 Å². The Morgan fingerprint density at radius 3 is 1.64 bits per heavy atom. The molecule has 0 rings (SSSR count). The highest BCUT2D eigenvalue weighted by Gasteiger charge is 1.94. The maximum Gasteiger partial charge on any atom is 0.330 e. The highest BCUT2D eigenvalue weighted by molar-refractivity contribution is 5.81. The normalized spacial score (nSPS) is 13.1. The highest BCUT2D eigenvalue weighted by atomic mass is 16.5. The molecule has 0 aromatic rings. The Kier molecular flexibility index (Phi) is 16.2. The van der Waals surface area contributed by atoms with Gasteiger partial charge in [0.05, 0.1) is 6.61 Å². The molecule has 0 aliphatic heterocycles. The molecular formula is C26H42O2. The van der Waals surface area contributed by atoms with Crippen molar-refractivity contribution in [2.75, 3.05) is 6.61 Å². The summed E-state index contributed by atoms with van der Waals surface area (Å²) in [4.78, 5) is 11.2. The summed E-state index contributed by atoms with van der Waals surface area (Å²) in [5.41, 5.74) is 5.77. The van der Waals surface area contributed by atoms with Gasteiger partial charge in [0.1, 0.15) is 0 Å². The number of esters is 1. The fourth-order valence-electron chi connectivity index (χ4n) is 2.78. The molecule has 0 saturated heterocycles. The first-order valence-electron chi connectivity index (χ1n) is 10.8. The van der Waals surface area contributed by atoms with Crippen LogP contribution in [0.3, 0.4) is 0 Å². The van der Waals surface area contributed by atoms with E-state index in [1.165, 1.54) is 34.8 Å². The van der Waals surface area contributed by atoms with Crippen LogP contribution in [-0.2, 0) is 9.53 Å². The minimum Gasteiger partial charge on any atom is -0.463 e. The van der Waals surface area contributed by atoms with Crippen LogP contribution < -0.4 is 0 Å². The van der Waals surface area contributed by atoms with E-state index >= 15 is 0 Å². The first-order chi connectivity index (χ1) is 13.3. The Hall–Kier alpha value is -1.83. The molecule has 0 atom stereocenters. The molecule has 0 N–H and O–H groups in total. The smallest absolute Gasteiger partial charge is 0.330 e. The molecular weight excluding hydrogens is 344 g/mol. The van der Waals surface area contributed by atoms with Crippen LogP contribution >= 0.6 is 0 Å². The van der Waals surface area contributed by atoms with Crippen molar-refractivity contribution in [3.8, 4) is 0 Å². The predicted molar refractivity (Wildman–Crippen MR) is 123 cm³/mol. The lowest BCUT2D eigenvalue weighted by Crippen LogP contribution is -1.98. The van der Waals surface area contributed by atoms with E-state index in [9.17, 15) is 4.79 Å². The van der Waals surface area contributed by atoms with Crippen molar-refractivity contribution in [2.45, 2.75) is 92.9 Å². The summed E-state index contributed by atoms with van der Waals surface area (Å²) >= 11 is 0. The summed E-state index contributed by atoms with van der Waals surface area (Å²) < 4.78 is 4.86. The van der Waals surface area contributed by atoms with Crippen molar-refractivity contribution in [1.82, 2.24) is 0 Å². The molecule has 0 aliphatic carbocycles. The summed E-state index contributed by atoms with van der Waals surface area (Å²) in [5, 5.41) is 0. The first-order valence-corrected chi connectivity index (χ1v) is 10.8. The summed E-state index contributed by atoms with van der Waals surface area (Å²) in [7, 11) is 0. The van der Waals surface area contributed by atoms with Crippen LogP contribution in [-0.4, -0.2) is 12.6 Å². The average Bonchev–Trinajstić information content (AvgIpc) is 2.62. The van der Waals surface area contributed by atoms with E-state index in [2.05, 4.69) is 58.9 Å². The molecule has 0 amide bonds. The third kappa shape index (κ3) is 17.6. The minimum absolute atomic E-state index is 0.248. The van der Waals surface area contributed by atoms with Gasteiger partial charge in [-0.1, -0.05) is 52.7 Å². The van der Waals surface area contributed by atoms with Crippen LogP contribution in [0, 0.1) is 0 Å². The zero-order chi connectivity index (χ0) is 21.2. The topological polar surface area (TPSA) is 26.3 Å². The molecule has 0 aromatic carbocycles. The monoisotopic (exact) mass is 386 g/mol. The first kappa shape index (κ1) is 26.2. The largest absolute Gasteiger partial charge is 0.463 e. The minimum atomic E-state index is -0.248. The molecule has 2 nitrogen and oxygen atoms in total. The van der Waals surface area contributed by atoms with Crippen molar-refractivity contribution >= 4 is 5.97 Å². The molecule has 0 fully saturated rings. The number of hydrogen-bond donors (Lipinski definition) is 0. The third-order valence-corrected chi connectivity index (χ3v) is 4.52. The lowest BCUT2D eigenvalue weighted by molar-refractivity contribution is -0.137. The Balaban J connectivity index is 3.99. The number of allylic oxidation sites excluding steroid dienone is 9. The second kappa shape index (κ2) is 17.3. The van der Waals surface area contributed by atoms with E-state index < -0.39 is 0 Å². The van der Waals surface area contributed by atoms with Gasteiger partial charge >= 0.3 is 5.97 Å². The number of carbonyl (C=O) groups excluding carboxylic acids is 1. The summed E-state index contributed by atoms with van der Waals surface area (Å²) in [6.07, 6.45) is 21.5. The Morgan fingerprint density at radius 1 is 0.679 bits per heavy atom. The standard InChI is InChI=1S/C26H42O2/c1-7-28-26(27)21-11-10-17-23(4)15-8-9-16-24(5)19-13-20-25(6)18-12-14-22(2)3/h11,14-16,20-21H,7-10,12-13,17-19H2,1-6H3/b21-11+,23-15+,24-16+,25-20+. The van der Waals surface area contributed by atoms with Crippen molar-refractivity contribution in [1.29, 1.82) is 0 Å². The third-order valence-electron chi connectivity index (χ3n) is 4.52. The zero-order valence-electron chi connectivity index (χ0n) is 19.1. The number of carbonyl (C=O) groups is 1. The maximum absolute atomic E-state index is 11.2. The molecule has 0 spiro atoms. The van der Waals surface area contributed by atoms with Gasteiger partial charge in [0.25, 0.3) is 0 Å². The van der Waals surface area contributed by atoms with Crippen LogP contribution in [0.15, 0.2) is 58.7 Å². The fraction of sp³-hybridized carbons (Fsp3) is 0.577. The summed E-state index contributed by atoms with van der Waals surface area (Å²) in [6, 6.07) is 0. The molecule has 2 heteroatoms. The Labute approximate surface area is 174 Å². The van der Waals surface area contributed by atoms with Gasteiger partial charge in [-0.15, -0.1) is 0 Å². The van der Waals surface area contributed by atoms with Crippen molar-refractivity contribution in [2.24, 2.45) is 0 Å². The van der Waals surface area contributed by atoms with E-state index in [0.717, 1.165) is 44.9 Å². The zero-order valence-corrected chi connectivity index (χ0v) is 19.1. The Bertz CT molecular complexity index is 582. The number of unbranched alkanes of at least 4 members (excludes halogenated alkanes) is 1. The predicted octanol–water partition coefficient (Wildman–Crippen LogP) is 8.03. The summed E-state index contributed by atoms with van der Waals surface area (Å²) in [6.45, 7) is 13.2. The lowest BCUT2D eigenvalue weighted by atomic mass is 10.0. The van der Waals surface area contributed by atoms with Crippen LogP contribution in [0.2, 0.25) is 0 Å². The molecule has 0 heterocycles. The quantitative estimate of drug-likeness (QED) is 0.131. The van der Waals surface area contributed by atoms with Gasteiger partial charge in [0, 0.05) is 6.08 Å². The molecule has 0 aromatic heterocycles. The van der Waals surface area contributed by atoms with E-state index in [-0.39, 0.29) is 5.97 Å². The number of ether oxygens (including phenoxy) is 1. The number of hydrogen-bond acceptors (Lipinski definition) is 2. The number of rotatable bonds is 14. The van der Waals surface area contributed by atoms with E-state index in [0.29, 0.717) is 6.61 Å². The molecule has 0 saturated carbocycles. The fourth-order valence-corrected chi connectivity index (χ4v) is 2.78. The van der Waals surface area contributed by atoms with Gasteiger partial charge in [-0.2, -0.15) is 0 Å². The van der Waals surface area contributed by atoms with Gasteiger partial charge in [-0.25, -0.2) is 4.79 Å². The summed E-state index contributed by atoms with van der Waals surface area (Å²) in [5.74, 6) is -0.248. The van der Waals surface area contributed by atoms with Gasteiger partial charge in [-0.3, -0.25) is 0 Å². The SMILES string of the molecule is CCOC(=O)/C=C/CC/C(C)=C/CC/C=C(\C)CC/C=C(\C)CCC=C(C)C. The van der Waals surface area contributed by atoms with Crippen molar-refractivity contribution < 1.29 is 9.53 Å². The van der Waals surface area contributed by atoms with Gasteiger partial charge in [0.2, 0.25) is 0 Å². The second-order valence-electron chi connectivity index (χ2n) is 7.78. The van der Waals surface area contributed by atoms with Crippen LogP contribution in [0.4, 0.5) is 0 Å². The molecule has 0 aliphatic rings. The molecule has 28 heavy (non-hydrogen) atoms. The average molecular weight is 387 g/mol. The lowest BCUT2D eigenvalue weighted by Gasteiger charge is -2.02. The highest BCUT2D eigenvalue weighted by Crippen LogP contribution is 2.13. The van der Waals surface area contributed by atoms with Crippen LogP contribution in [0.5, 0.6) is 0 Å². The van der Waals surface area contributed by atoms with Crippen LogP contribution in [0.25, 0.3) is 0 Å². The molecule has 0 radical (unpaired) electrons.